The van der Waals surface area contributed by atoms with Crippen molar-refractivity contribution >= 4 is 34.3 Å². The Morgan fingerprint density at radius 3 is 2.29 bits per heavy atom. The second-order valence-electron chi connectivity index (χ2n) is 4.60. The predicted molar refractivity (Wildman–Crippen MR) is 77.0 cm³/mol. The molecule has 110 valence electrons. The summed E-state index contributed by atoms with van der Waals surface area (Å²) >= 11 is 0. The zero-order valence-electron chi connectivity index (χ0n) is 11.1. The minimum atomic E-state index is -0.732. The van der Waals surface area contributed by atoms with E-state index in [4.69, 9.17) is 17.2 Å². The van der Waals surface area contributed by atoms with E-state index in [1.807, 2.05) is 0 Å². The van der Waals surface area contributed by atoms with Crippen molar-refractivity contribution in [2.75, 3.05) is 18.8 Å². The molecule has 7 N–H and O–H groups in total. The van der Waals surface area contributed by atoms with Crippen LogP contribution in [0, 0.1) is 0 Å². The fraction of sp³-hybridized carbons (Fsp3) is 0.154. The number of aromatic amines is 1. The summed E-state index contributed by atoms with van der Waals surface area (Å²) in [6, 6.07) is 5.05. The van der Waals surface area contributed by atoms with Crippen molar-refractivity contribution in [3.8, 4) is 0 Å². The molecule has 0 unspecified atom stereocenters. The van der Waals surface area contributed by atoms with Gasteiger partial charge in [-0.2, -0.15) is 0 Å². The minimum absolute atomic E-state index is 0.291. The molecule has 0 atom stereocenters. The fourth-order valence-corrected chi connectivity index (χ4v) is 2.06. The van der Waals surface area contributed by atoms with Gasteiger partial charge in [0, 0.05) is 22.8 Å². The summed E-state index contributed by atoms with van der Waals surface area (Å²) in [5.41, 5.74) is 17.4. The molecule has 0 aliphatic carbocycles. The smallest absolute Gasteiger partial charge is 0.256 e. The molecule has 0 fully saturated rings. The van der Waals surface area contributed by atoms with E-state index in [1.54, 1.807) is 18.2 Å². The molecule has 0 aliphatic heterocycles. The average molecular weight is 289 g/mol. The maximum atomic E-state index is 12.5. The Hall–Kier alpha value is -3.03. The lowest BCUT2D eigenvalue weighted by Gasteiger charge is -2.19. The van der Waals surface area contributed by atoms with Crippen LogP contribution in [0.5, 0.6) is 0 Å². The van der Waals surface area contributed by atoms with Crippen molar-refractivity contribution in [2.45, 2.75) is 0 Å². The highest BCUT2D eigenvalue weighted by molar-refractivity contribution is 6.08. The van der Waals surface area contributed by atoms with Crippen molar-refractivity contribution < 1.29 is 14.4 Å². The number of nitrogens with two attached hydrogens (primary N) is 3. The van der Waals surface area contributed by atoms with Gasteiger partial charge < -0.3 is 27.1 Å². The number of hydrogen-bond acceptors (Lipinski definition) is 4. The van der Waals surface area contributed by atoms with Gasteiger partial charge in [0.1, 0.15) is 13.1 Å². The number of aromatic nitrogens is 1. The number of primary amides is 2. The van der Waals surface area contributed by atoms with Crippen LogP contribution in [-0.2, 0) is 9.59 Å². The third-order valence-electron chi connectivity index (χ3n) is 2.92. The highest BCUT2D eigenvalue weighted by Gasteiger charge is 2.22. The van der Waals surface area contributed by atoms with Gasteiger partial charge in [-0.05, 0) is 18.2 Å². The number of fused-ring (bicyclic) bond motifs is 1. The molecule has 0 saturated heterocycles. The summed E-state index contributed by atoms with van der Waals surface area (Å²) in [5, 5.41) is 0.596. The molecule has 0 bridgehead atoms. The lowest BCUT2D eigenvalue weighted by Crippen LogP contribution is -2.43. The summed E-state index contributed by atoms with van der Waals surface area (Å²) in [6.07, 6.45) is 1.49. The van der Waals surface area contributed by atoms with Crippen LogP contribution < -0.4 is 17.2 Å². The third-order valence-corrected chi connectivity index (χ3v) is 2.92. The van der Waals surface area contributed by atoms with Crippen LogP contribution in [0.2, 0.25) is 0 Å². The first-order chi connectivity index (χ1) is 9.88. The number of anilines is 1. The Labute approximate surface area is 119 Å². The van der Waals surface area contributed by atoms with E-state index in [9.17, 15) is 14.4 Å². The van der Waals surface area contributed by atoms with Gasteiger partial charge >= 0.3 is 0 Å². The first-order valence-corrected chi connectivity index (χ1v) is 6.11. The van der Waals surface area contributed by atoms with Gasteiger partial charge in [0.25, 0.3) is 5.91 Å². The maximum Gasteiger partial charge on any atom is 0.256 e. The van der Waals surface area contributed by atoms with Gasteiger partial charge in [0.05, 0.1) is 5.56 Å². The van der Waals surface area contributed by atoms with E-state index in [0.717, 1.165) is 4.90 Å². The van der Waals surface area contributed by atoms with Gasteiger partial charge in [-0.25, -0.2) is 0 Å². The molecule has 0 spiro atoms. The lowest BCUT2D eigenvalue weighted by atomic mass is 10.1. The number of H-pyrrole nitrogens is 1. The molecule has 0 saturated carbocycles. The van der Waals surface area contributed by atoms with Gasteiger partial charge in [-0.3, -0.25) is 14.4 Å². The van der Waals surface area contributed by atoms with Crippen LogP contribution in [0.15, 0.2) is 24.4 Å². The molecule has 3 amide bonds. The first kappa shape index (κ1) is 14.4. The highest BCUT2D eigenvalue weighted by atomic mass is 16.2. The molecular weight excluding hydrogens is 274 g/mol. The van der Waals surface area contributed by atoms with Crippen LogP contribution in [0.25, 0.3) is 10.9 Å². The van der Waals surface area contributed by atoms with Crippen LogP contribution in [0.3, 0.4) is 0 Å². The maximum absolute atomic E-state index is 12.5. The molecule has 8 heteroatoms. The van der Waals surface area contributed by atoms with E-state index in [1.165, 1.54) is 6.20 Å². The van der Waals surface area contributed by atoms with Crippen molar-refractivity contribution in [3.05, 3.63) is 30.0 Å². The summed E-state index contributed by atoms with van der Waals surface area (Å²) in [5.74, 6) is -1.99. The fourth-order valence-electron chi connectivity index (χ4n) is 2.06. The molecule has 2 rings (SSSR count). The molecule has 8 nitrogen and oxygen atoms in total. The van der Waals surface area contributed by atoms with E-state index < -0.39 is 30.8 Å². The Morgan fingerprint density at radius 2 is 1.71 bits per heavy atom. The Kier molecular flexibility index (Phi) is 3.79. The SMILES string of the molecule is NC(=O)CN(CC(N)=O)C(=O)c1c[nH]c2ccc(N)cc12. The molecule has 2 aromatic rings. The second-order valence-corrected chi connectivity index (χ2v) is 4.60. The molecule has 1 aromatic carbocycles. The number of nitrogens with one attached hydrogen (secondary N) is 1. The monoisotopic (exact) mass is 289 g/mol. The van der Waals surface area contributed by atoms with Crippen LogP contribution >= 0.6 is 0 Å². The Balaban J connectivity index is 2.40. The van der Waals surface area contributed by atoms with Crippen molar-refractivity contribution in [1.82, 2.24) is 9.88 Å². The summed E-state index contributed by atoms with van der Waals surface area (Å²) in [7, 11) is 0. The zero-order valence-corrected chi connectivity index (χ0v) is 11.1. The standard InChI is InChI=1S/C13H15N5O3/c14-7-1-2-10-8(3-7)9(4-17-10)13(21)18(5-11(15)19)6-12(16)20/h1-4,17H,5-6,14H2,(H2,15,19)(H2,16,20). The molecule has 0 radical (unpaired) electrons. The topological polar surface area (TPSA) is 148 Å². The largest absolute Gasteiger partial charge is 0.399 e. The number of rotatable bonds is 5. The molecular formula is C13H15N5O3. The van der Waals surface area contributed by atoms with Crippen molar-refractivity contribution in [2.24, 2.45) is 11.5 Å². The van der Waals surface area contributed by atoms with Gasteiger partial charge in [0.15, 0.2) is 0 Å². The number of benzene rings is 1. The van der Waals surface area contributed by atoms with Crippen molar-refractivity contribution in [3.63, 3.8) is 0 Å². The first-order valence-electron chi connectivity index (χ1n) is 6.11. The average Bonchev–Trinajstić information content (AvgIpc) is 2.78. The number of amides is 3. The summed E-state index contributed by atoms with van der Waals surface area (Å²) in [4.78, 5) is 38.4. The number of nitrogen functional groups attached to an aromatic ring is 1. The highest BCUT2D eigenvalue weighted by Crippen LogP contribution is 2.22. The van der Waals surface area contributed by atoms with E-state index in [-0.39, 0.29) is 0 Å². The number of carbonyl (C=O) groups excluding carboxylic acids is 3. The summed E-state index contributed by atoms with van der Waals surface area (Å²) in [6.45, 7) is -0.784. The van der Waals surface area contributed by atoms with Gasteiger partial charge in [-0.15, -0.1) is 0 Å². The normalized spacial score (nSPS) is 10.5. The molecule has 21 heavy (non-hydrogen) atoms. The van der Waals surface area contributed by atoms with Crippen LogP contribution in [0.4, 0.5) is 5.69 Å². The van der Waals surface area contributed by atoms with Gasteiger partial charge in [-0.1, -0.05) is 0 Å². The van der Waals surface area contributed by atoms with E-state index >= 15 is 0 Å². The Morgan fingerprint density at radius 1 is 1.10 bits per heavy atom. The molecule has 1 aromatic heterocycles. The summed E-state index contributed by atoms with van der Waals surface area (Å²) < 4.78 is 0. The number of carbonyl (C=O) groups is 3. The minimum Gasteiger partial charge on any atom is -0.399 e. The van der Waals surface area contributed by atoms with E-state index in [0.29, 0.717) is 22.2 Å². The Bertz CT molecular complexity index is 706. The zero-order chi connectivity index (χ0) is 15.6. The molecule has 1 heterocycles. The second kappa shape index (κ2) is 5.53. The lowest BCUT2D eigenvalue weighted by molar-refractivity contribution is -0.121. The van der Waals surface area contributed by atoms with Gasteiger partial charge in [0.2, 0.25) is 11.8 Å². The predicted octanol–water partition coefficient (Wildman–Crippen LogP) is -0.837. The van der Waals surface area contributed by atoms with E-state index in [2.05, 4.69) is 4.98 Å². The van der Waals surface area contributed by atoms with Crippen LogP contribution in [-0.4, -0.2) is 40.7 Å². The number of nitrogens with zero attached hydrogens (tertiary/aromatic N) is 1. The van der Waals surface area contributed by atoms with Crippen LogP contribution in [0.1, 0.15) is 10.4 Å². The number of hydrogen-bond donors (Lipinski definition) is 4. The third kappa shape index (κ3) is 3.11. The quantitative estimate of drug-likeness (QED) is 0.531. The molecule has 0 aliphatic rings. The van der Waals surface area contributed by atoms with Crippen molar-refractivity contribution in [1.29, 1.82) is 0 Å².